The second kappa shape index (κ2) is 9.82. The number of rotatable bonds is 6. The largest absolute Gasteiger partial charge is 0.345 e. The minimum Gasteiger partial charge on any atom is -0.345 e. The van der Waals surface area contributed by atoms with Crippen LogP contribution in [-0.4, -0.2) is 58.2 Å². The fourth-order valence-corrected chi connectivity index (χ4v) is 5.45. The van der Waals surface area contributed by atoms with E-state index in [2.05, 4.69) is 21.8 Å². The zero-order valence-corrected chi connectivity index (χ0v) is 20.0. The van der Waals surface area contributed by atoms with Crippen LogP contribution in [0.25, 0.3) is 16.6 Å². The molecule has 2 aliphatic heterocycles. The van der Waals surface area contributed by atoms with Crippen molar-refractivity contribution in [2.24, 2.45) is 5.92 Å². The molecule has 0 amide bonds. The molecule has 0 saturated carbocycles. The summed E-state index contributed by atoms with van der Waals surface area (Å²) in [6, 6.07) is 9.60. The molecule has 6 nitrogen and oxygen atoms in total. The molecule has 174 valence electrons. The van der Waals surface area contributed by atoms with Gasteiger partial charge < -0.3 is 9.80 Å². The molecule has 1 aromatic carbocycles. The summed E-state index contributed by atoms with van der Waals surface area (Å²) in [7, 11) is 2.18. The first kappa shape index (κ1) is 22.4. The smallest absolute Gasteiger partial charge is 0.159 e. The maximum absolute atomic E-state index is 13.4. The maximum atomic E-state index is 13.4. The Morgan fingerprint density at radius 3 is 2.64 bits per heavy atom. The second-order valence-corrected chi connectivity index (χ2v) is 10.00. The van der Waals surface area contributed by atoms with E-state index >= 15 is 0 Å². The lowest BCUT2D eigenvalue weighted by Gasteiger charge is -2.35. The van der Waals surface area contributed by atoms with E-state index in [-0.39, 0.29) is 6.04 Å². The Kier molecular flexibility index (Phi) is 6.65. The van der Waals surface area contributed by atoms with Crippen molar-refractivity contribution in [1.82, 2.24) is 19.7 Å². The minimum atomic E-state index is -0.0880. The van der Waals surface area contributed by atoms with Gasteiger partial charge in [0.1, 0.15) is 0 Å². The molecule has 3 aromatic rings. The van der Waals surface area contributed by atoms with E-state index in [0.717, 1.165) is 67.7 Å². The van der Waals surface area contributed by atoms with Crippen LogP contribution in [0.15, 0.2) is 42.7 Å². The number of pyridine rings is 1. The number of anilines is 1. The number of hydrogen-bond acceptors (Lipinski definition) is 5. The second-order valence-electron chi connectivity index (χ2n) is 9.56. The molecule has 1 unspecified atom stereocenters. The van der Waals surface area contributed by atoms with Crippen LogP contribution in [0.5, 0.6) is 0 Å². The van der Waals surface area contributed by atoms with Gasteiger partial charge in [0.2, 0.25) is 0 Å². The summed E-state index contributed by atoms with van der Waals surface area (Å²) in [6.45, 7) is 3.16. The van der Waals surface area contributed by atoms with Gasteiger partial charge in [-0.1, -0.05) is 11.6 Å². The Bertz CT molecular complexity index is 1100. The molecule has 0 radical (unpaired) electrons. The predicted octanol–water partition coefficient (Wildman–Crippen LogP) is 5.12. The highest BCUT2D eigenvalue weighted by atomic mass is 35.5. The van der Waals surface area contributed by atoms with Gasteiger partial charge in [-0.2, -0.15) is 0 Å². The van der Waals surface area contributed by atoms with Gasteiger partial charge in [-0.15, -0.1) is 5.10 Å². The molecule has 4 heterocycles. The third kappa shape index (κ3) is 4.78. The number of Topliss-reactive ketones (excluding diaryl/α,β-unsaturated/α-hetero) is 1. The number of nitrogens with zero attached hydrogens (tertiary/aromatic N) is 5. The number of carbonyl (C=O) groups excluding carboxylic acids is 1. The first-order valence-corrected chi connectivity index (χ1v) is 12.5. The molecule has 0 aliphatic carbocycles. The lowest BCUT2D eigenvalue weighted by molar-refractivity contribution is -0.121. The van der Waals surface area contributed by atoms with Crippen LogP contribution in [0.2, 0.25) is 5.02 Å². The highest BCUT2D eigenvalue weighted by Gasteiger charge is 2.32. The van der Waals surface area contributed by atoms with E-state index < -0.39 is 0 Å². The maximum Gasteiger partial charge on any atom is 0.159 e. The average Bonchev–Trinajstić information content (AvgIpc) is 3.23. The number of hydrogen-bond donors (Lipinski definition) is 0. The lowest BCUT2D eigenvalue weighted by Crippen LogP contribution is -2.45. The lowest BCUT2D eigenvalue weighted by atomic mass is 9.88. The molecule has 2 saturated heterocycles. The van der Waals surface area contributed by atoms with Crippen LogP contribution in [-0.2, 0) is 4.79 Å². The SMILES string of the molecule is CN1CCC(CCC(=O)C2CCCCN2c2nn(-c3ccc(Cl)cc3)c3cnccc23)CC1. The fraction of sp³-hybridized carbons (Fsp3) is 0.500. The molecular weight excluding hydrogens is 434 g/mol. The summed E-state index contributed by atoms with van der Waals surface area (Å²) in [5.74, 6) is 1.94. The van der Waals surface area contributed by atoms with Crippen LogP contribution >= 0.6 is 11.6 Å². The molecule has 5 rings (SSSR count). The van der Waals surface area contributed by atoms with Crippen molar-refractivity contribution in [3.8, 4) is 5.69 Å². The Balaban J connectivity index is 1.40. The monoisotopic (exact) mass is 465 g/mol. The zero-order chi connectivity index (χ0) is 22.8. The van der Waals surface area contributed by atoms with Crippen molar-refractivity contribution in [2.45, 2.75) is 51.0 Å². The fourth-order valence-electron chi connectivity index (χ4n) is 5.32. The summed E-state index contributed by atoms with van der Waals surface area (Å²) in [4.78, 5) is 22.4. The Morgan fingerprint density at radius 2 is 1.85 bits per heavy atom. The number of piperidine rings is 2. The third-order valence-electron chi connectivity index (χ3n) is 7.32. The van der Waals surface area contributed by atoms with E-state index in [1.807, 2.05) is 41.2 Å². The van der Waals surface area contributed by atoms with Gasteiger partial charge in [-0.25, -0.2) is 4.68 Å². The minimum absolute atomic E-state index is 0.0880. The Hall–Kier alpha value is -2.44. The number of ketones is 1. The molecule has 2 aliphatic rings. The summed E-state index contributed by atoms with van der Waals surface area (Å²) in [5, 5.41) is 6.74. The quantitative estimate of drug-likeness (QED) is 0.505. The molecule has 2 fully saturated rings. The zero-order valence-electron chi connectivity index (χ0n) is 19.3. The highest BCUT2D eigenvalue weighted by molar-refractivity contribution is 6.30. The topological polar surface area (TPSA) is 54.3 Å². The van der Waals surface area contributed by atoms with Crippen LogP contribution in [0.1, 0.15) is 44.9 Å². The molecule has 1 atom stereocenters. The molecule has 2 aromatic heterocycles. The van der Waals surface area contributed by atoms with Crippen LogP contribution in [0, 0.1) is 5.92 Å². The van der Waals surface area contributed by atoms with Crippen LogP contribution in [0.4, 0.5) is 5.82 Å². The van der Waals surface area contributed by atoms with Crippen molar-refractivity contribution >= 4 is 34.1 Å². The number of benzene rings is 1. The Morgan fingerprint density at radius 1 is 1.06 bits per heavy atom. The van der Waals surface area contributed by atoms with Crippen molar-refractivity contribution in [1.29, 1.82) is 0 Å². The van der Waals surface area contributed by atoms with Gasteiger partial charge >= 0.3 is 0 Å². The van der Waals surface area contributed by atoms with Gasteiger partial charge in [0.05, 0.1) is 23.4 Å². The van der Waals surface area contributed by atoms with Gasteiger partial charge in [0.15, 0.2) is 11.6 Å². The summed E-state index contributed by atoms with van der Waals surface area (Å²) in [6.07, 6.45) is 10.8. The van der Waals surface area contributed by atoms with E-state index in [9.17, 15) is 4.79 Å². The third-order valence-corrected chi connectivity index (χ3v) is 7.57. The average molecular weight is 466 g/mol. The summed E-state index contributed by atoms with van der Waals surface area (Å²) < 4.78 is 1.92. The molecule has 0 spiro atoms. The summed E-state index contributed by atoms with van der Waals surface area (Å²) >= 11 is 6.10. The highest BCUT2D eigenvalue weighted by Crippen LogP contribution is 2.33. The van der Waals surface area contributed by atoms with E-state index in [1.54, 1.807) is 6.20 Å². The van der Waals surface area contributed by atoms with Crippen LogP contribution < -0.4 is 4.90 Å². The van der Waals surface area contributed by atoms with Crippen molar-refractivity contribution in [2.75, 3.05) is 31.6 Å². The summed E-state index contributed by atoms with van der Waals surface area (Å²) in [5.41, 5.74) is 1.88. The van der Waals surface area contributed by atoms with Gasteiger partial charge in [0.25, 0.3) is 0 Å². The number of halogens is 1. The Labute approximate surface area is 200 Å². The van der Waals surface area contributed by atoms with Crippen molar-refractivity contribution in [3.05, 3.63) is 47.7 Å². The van der Waals surface area contributed by atoms with E-state index in [1.165, 1.54) is 12.8 Å². The normalized spacial score (nSPS) is 20.4. The van der Waals surface area contributed by atoms with Gasteiger partial charge in [-0.3, -0.25) is 9.78 Å². The van der Waals surface area contributed by atoms with E-state index in [4.69, 9.17) is 16.7 Å². The molecule has 33 heavy (non-hydrogen) atoms. The predicted molar refractivity (Wildman–Crippen MR) is 133 cm³/mol. The van der Waals surface area contributed by atoms with Crippen molar-refractivity contribution < 1.29 is 4.79 Å². The van der Waals surface area contributed by atoms with Crippen LogP contribution in [0.3, 0.4) is 0 Å². The van der Waals surface area contributed by atoms with Gasteiger partial charge in [-0.05, 0) is 94.9 Å². The molecule has 0 bridgehead atoms. The van der Waals surface area contributed by atoms with Gasteiger partial charge in [0, 0.05) is 29.6 Å². The number of fused-ring (bicyclic) bond motifs is 1. The first-order valence-electron chi connectivity index (χ1n) is 12.2. The molecule has 0 N–H and O–H groups in total. The standard InChI is InChI=1S/C26H32ClN5O/c1-30-16-12-19(13-17-30)5-10-25(33)23-4-2-3-15-31(23)26-22-11-14-28-18-24(22)32(29-26)21-8-6-20(27)7-9-21/h6-9,11,14,18-19,23H,2-5,10,12-13,15-17H2,1H3. The number of aromatic nitrogens is 3. The number of carbonyl (C=O) groups is 1. The van der Waals surface area contributed by atoms with Crippen molar-refractivity contribution in [3.63, 3.8) is 0 Å². The molecular formula is C26H32ClN5O. The molecule has 7 heteroatoms. The first-order chi connectivity index (χ1) is 16.1. The number of likely N-dealkylation sites (tertiary alicyclic amines) is 1. The van der Waals surface area contributed by atoms with E-state index in [0.29, 0.717) is 23.1 Å².